The number of hydrogen-bond acceptors (Lipinski definition) is 2. The van der Waals surface area contributed by atoms with Gasteiger partial charge in [-0.1, -0.05) is 23.7 Å². The molecule has 108 valence electrons. The number of ether oxygens (including phenoxy) is 1. The van der Waals surface area contributed by atoms with Crippen LogP contribution in [0.3, 0.4) is 0 Å². The third-order valence-electron chi connectivity index (χ3n) is 4.24. The summed E-state index contributed by atoms with van der Waals surface area (Å²) in [6.07, 6.45) is 3.10. The molecule has 0 bridgehead atoms. The van der Waals surface area contributed by atoms with Crippen molar-refractivity contribution in [3.8, 4) is 0 Å². The smallest absolute Gasteiger partial charge is 0.228 e. The van der Waals surface area contributed by atoms with Crippen molar-refractivity contribution in [2.75, 3.05) is 13.2 Å². The van der Waals surface area contributed by atoms with Gasteiger partial charge < -0.3 is 9.64 Å². The van der Waals surface area contributed by atoms with Crippen molar-refractivity contribution in [1.29, 1.82) is 0 Å². The van der Waals surface area contributed by atoms with Gasteiger partial charge in [0.15, 0.2) is 0 Å². The maximum atomic E-state index is 12.7. The molecule has 3 nitrogen and oxygen atoms in total. The van der Waals surface area contributed by atoms with E-state index >= 15 is 0 Å². The second-order valence-electron chi connectivity index (χ2n) is 5.76. The molecular formula is C16H20ClNO2. The van der Waals surface area contributed by atoms with Crippen molar-refractivity contribution < 1.29 is 9.53 Å². The number of amides is 1. The second kappa shape index (κ2) is 5.74. The van der Waals surface area contributed by atoms with E-state index in [0.717, 1.165) is 29.8 Å². The lowest BCUT2D eigenvalue weighted by molar-refractivity contribution is -0.138. The maximum absolute atomic E-state index is 12.7. The van der Waals surface area contributed by atoms with Gasteiger partial charge in [0.1, 0.15) is 0 Å². The van der Waals surface area contributed by atoms with Crippen LogP contribution in [0.2, 0.25) is 5.02 Å². The van der Waals surface area contributed by atoms with Crippen LogP contribution in [-0.4, -0.2) is 30.1 Å². The molecule has 2 atom stereocenters. The van der Waals surface area contributed by atoms with Crippen molar-refractivity contribution >= 4 is 17.5 Å². The third-order valence-corrected chi connectivity index (χ3v) is 4.50. The third kappa shape index (κ3) is 2.84. The number of hydrogen-bond donors (Lipinski definition) is 0. The largest absolute Gasteiger partial charge is 0.381 e. The summed E-state index contributed by atoms with van der Waals surface area (Å²) in [5.41, 5.74) is 1.15. The molecule has 1 saturated heterocycles. The fourth-order valence-electron chi connectivity index (χ4n) is 2.88. The first kappa shape index (κ1) is 13.9. The first-order valence-corrected chi connectivity index (χ1v) is 7.70. The molecule has 1 heterocycles. The molecular weight excluding hydrogens is 274 g/mol. The summed E-state index contributed by atoms with van der Waals surface area (Å²) in [5, 5.41) is 0.731. The SMILES string of the molecule is CC(c1ccc(Cl)cc1)N(C(=O)C1CCOC1)C1CC1. The summed E-state index contributed by atoms with van der Waals surface area (Å²) in [6, 6.07) is 8.33. The Balaban J connectivity index is 1.79. The fourth-order valence-corrected chi connectivity index (χ4v) is 3.01. The average Bonchev–Trinajstić information content (AvgIpc) is 3.12. The van der Waals surface area contributed by atoms with E-state index in [9.17, 15) is 4.79 Å². The predicted molar refractivity (Wildman–Crippen MR) is 78.7 cm³/mol. The molecule has 1 aromatic carbocycles. The molecule has 2 unspecified atom stereocenters. The minimum absolute atomic E-state index is 0.0466. The molecule has 1 aliphatic heterocycles. The highest BCUT2D eigenvalue weighted by Gasteiger charge is 2.39. The van der Waals surface area contributed by atoms with Gasteiger partial charge in [-0.05, 0) is 43.9 Å². The highest BCUT2D eigenvalue weighted by molar-refractivity contribution is 6.30. The van der Waals surface area contributed by atoms with E-state index < -0.39 is 0 Å². The summed E-state index contributed by atoms with van der Waals surface area (Å²) >= 11 is 5.94. The molecule has 1 amide bonds. The fraction of sp³-hybridized carbons (Fsp3) is 0.562. The Morgan fingerprint density at radius 1 is 1.30 bits per heavy atom. The molecule has 4 heteroatoms. The molecule has 0 radical (unpaired) electrons. The standard InChI is InChI=1S/C16H20ClNO2/c1-11(12-2-4-14(17)5-3-12)18(15-6-7-15)16(19)13-8-9-20-10-13/h2-5,11,13,15H,6-10H2,1H3. The number of nitrogens with zero attached hydrogens (tertiary/aromatic N) is 1. The number of halogens is 1. The minimum Gasteiger partial charge on any atom is -0.381 e. The monoisotopic (exact) mass is 293 g/mol. The predicted octanol–water partition coefficient (Wildman–Crippen LogP) is 3.43. The van der Waals surface area contributed by atoms with Crippen LogP contribution in [0, 0.1) is 5.92 Å². The molecule has 1 aliphatic carbocycles. The molecule has 0 N–H and O–H groups in total. The van der Waals surface area contributed by atoms with Crippen LogP contribution >= 0.6 is 11.6 Å². The van der Waals surface area contributed by atoms with Gasteiger partial charge in [0, 0.05) is 17.7 Å². The van der Waals surface area contributed by atoms with E-state index in [4.69, 9.17) is 16.3 Å². The highest BCUT2D eigenvalue weighted by atomic mass is 35.5. The number of carbonyl (C=O) groups is 1. The Kier molecular flexibility index (Phi) is 3.99. The summed E-state index contributed by atoms with van der Waals surface area (Å²) < 4.78 is 5.36. The van der Waals surface area contributed by atoms with Gasteiger partial charge in [0.2, 0.25) is 5.91 Å². The zero-order valence-corrected chi connectivity index (χ0v) is 12.5. The zero-order chi connectivity index (χ0) is 14.1. The summed E-state index contributed by atoms with van der Waals surface area (Å²) in [7, 11) is 0. The molecule has 1 saturated carbocycles. The molecule has 20 heavy (non-hydrogen) atoms. The van der Waals surface area contributed by atoms with Crippen molar-refractivity contribution in [3.05, 3.63) is 34.9 Å². The van der Waals surface area contributed by atoms with Gasteiger partial charge in [0.05, 0.1) is 18.6 Å². The molecule has 2 fully saturated rings. The Morgan fingerprint density at radius 2 is 2.00 bits per heavy atom. The summed E-state index contributed by atoms with van der Waals surface area (Å²) in [6.45, 7) is 3.40. The lowest BCUT2D eigenvalue weighted by atomic mass is 10.0. The number of carbonyl (C=O) groups excluding carboxylic acids is 1. The van der Waals surface area contributed by atoms with Gasteiger partial charge in [0.25, 0.3) is 0 Å². The Morgan fingerprint density at radius 3 is 2.55 bits per heavy atom. The summed E-state index contributed by atoms with van der Waals surface area (Å²) in [4.78, 5) is 14.8. The van der Waals surface area contributed by atoms with E-state index in [1.807, 2.05) is 24.3 Å². The van der Waals surface area contributed by atoms with Crippen LogP contribution in [0.1, 0.15) is 37.8 Å². The minimum atomic E-state index is 0.0466. The highest BCUT2D eigenvalue weighted by Crippen LogP contribution is 2.36. The van der Waals surface area contributed by atoms with E-state index in [-0.39, 0.29) is 17.9 Å². The van der Waals surface area contributed by atoms with Gasteiger partial charge in [-0.25, -0.2) is 0 Å². The Labute approximate surface area is 124 Å². The quantitative estimate of drug-likeness (QED) is 0.851. The topological polar surface area (TPSA) is 29.5 Å². The van der Waals surface area contributed by atoms with E-state index in [0.29, 0.717) is 19.3 Å². The number of rotatable bonds is 4. The summed E-state index contributed by atoms with van der Waals surface area (Å²) in [5.74, 6) is 0.304. The average molecular weight is 294 g/mol. The van der Waals surface area contributed by atoms with Crippen LogP contribution < -0.4 is 0 Å². The normalized spacial score (nSPS) is 23.6. The number of benzene rings is 1. The van der Waals surface area contributed by atoms with Crippen LogP contribution in [0.25, 0.3) is 0 Å². The lowest BCUT2D eigenvalue weighted by Gasteiger charge is -2.31. The molecule has 0 spiro atoms. The van der Waals surface area contributed by atoms with Gasteiger partial charge in [-0.15, -0.1) is 0 Å². The van der Waals surface area contributed by atoms with Crippen LogP contribution in [0.15, 0.2) is 24.3 Å². The van der Waals surface area contributed by atoms with E-state index in [1.54, 1.807) is 0 Å². The van der Waals surface area contributed by atoms with Gasteiger partial charge in [-0.2, -0.15) is 0 Å². The second-order valence-corrected chi connectivity index (χ2v) is 6.20. The lowest BCUT2D eigenvalue weighted by Crippen LogP contribution is -2.40. The molecule has 0 aromatic heterocycles. The van der Waals surface area contributed by atoms with Gasteiger partial charge in [-0.3, -0.25) is 4.79 Å². The molecule has 3 rings (SSSR count). The molecule has 1 aromatic rings. The van der Waals surface area contributed by atoms with Crippen LogP contribution in [0.5, 0.6) is 0 Å². The van der Waals surface area contributed by atoms with Gasteiger partial charge >= 0.3 is 0 Å². The van der Waals surface area contributed by atoms with Crippen molar-refractivity contribution in [2.45, 2.75) is 38.3 Å². The van der Waals surface area contributed by atoms with Crippen LogP contribution in [-0.2, 0) is 9.53 Å². The van der Waals surface area contributed by atoms with E-state index in [1.165, 1.54) is 0 Å². The first-order valence-electron chi connectivity index (χ1n) is 7.32. The Hall–Kier alpha value is -1.06. The van der Waals surface area contributed by atoms with E-state index in [2.05, 4.69) is 11.8 Å². The maximum Gasteiger partial charge on any atom is 0.228 e. The van der Waals surface area contributed by atoms with Crippen LogP contribution in [0.4, 0.5) is 0 Å². The van der Waals surface area contributed by atoms with Crippen molar-refractivity contribution in [3.63, 3.8) is 0 Å². The van der Waals surface area contributed by atoms with Crippen molar-refractivity contribution in [2.24, 2.45) is 5.92 Å². The molecule has 2 aliphatic rings. The zero-order valence-electron chi connectivity index (χ0n) is 11.7. The Bertz CT molecular complexity index is 478. The van der Waals surface area contributed by atoms with Crippen molar-refractivity contribution in [1.82, 2.24) is 4.90 Å². The first-order chi connectivity index (χ1) is 9.66.